The van der Waals surface area contributed by atoms with Gasteiger partial charge in [-0.3, -0.25) is 4.79 Å². The molecule has 1 N–H and O–H groups in total. The van der Waals surface area contributed by atoms with Gasteiger partial charge in [0.2, 0.25) is 5.91 Å². The van der Waals surface area contributed by atoms with Crippen LogP contribution in [0.25, 0.3) is 6.08 Å². The molecule has 2 rings (SSSR count). The molecule has 2 aromatic rings. The maximum atomic E-state index is 11.9. The van der Waals surface area contributed by atoms with Crippen LogP contribution < -0.4 is 5.32 Å². The van der Waals surface area contributed by atoms with E-state index >= 15 is 0 Å². The number of amides is 1. The van der Waals surface area contributed by atoms with Crippen LogP contribution >= 0.6 is 0 Å². The van der Waals surface area contributed by atoms with Crippen molar-refractivity contribution in [1.82, 2.24) is 5.32 Å². The summed E-state index contributed by atoms with van der Waals surface area (Å²) in [7, 11) is 0. The van der Waals surface area contributed by atoms with Gasteiger partial charge in [-0.2, -0.15) is 0 Å². The average molecular weight is 265 g/mol. The van der Waals surface area contributed by atoms with E-state index < -0.39 is 0 Å². The Balaban J connectivity index is 1.94. The van der Waals surface area contributed by atoms with Crippen molar-refractivity contribution in [3.05, 3.63) is 77.4 Å². The molecule has 2 heteroatoms. The summed E-state index contributed by atoms with van der Waals surface area (Å²) >= 11 is 0. The summed E-state index contributed by atoms with van der Waals surface area (Å²) in [6.45, 7) is 4.04. The van der Waals surface area contributed by atoms with Crippen molar-refractivity contribution in [2.45, 2.75) is 19.9 Å². The number of carbonyl (C=O) groups is 1. The molecule has 1 amide bonds. The molecule has 0 saturated carbocycles. The number of nitrogens with one attached hydrogen (secondary N) is 1. The molecule has 0 aromatic heterocycles. The summed E-state index contributed by atoms with van der Waals surface area (Å²) in [5.74, 6) is -0.0815. The Labute approximate surface area is 120 Å². The summed E-state index contributed by atoms with van der Waals surface area (Å²) < 4.78 is 0. The first-order valence-corrected chi connectivity index (χ1v) is 6.75. The molecule has 0 fully saturated rings. The van der Waals surface area contributed by atoms with Gasteiger partial charge in [-0.05, 0) is 31.1 Å². The lowest BCUT2D eigenvalue weighted by molar-refractivity contribution is -0.117. The molecule has 0 aliphatic heterocycles. The van der Waals surface area contributed by atoms with E-state index in [1.807, 2.05) is 55.5 Å². The molecule has 2 nitrogen and oxygen atoms in total. The minimum Gasteiger partial charge on any atom is -0.346 e. The average Bonchev–Trinajstić information content (AvgIpc) is 2.47. The summed E-state index contributed by atoms with van der Waals surface area (Å²) in [6.07, 6.45) is 3.39. The van der Waals surface area contributed by atoms with Gasteiger partial charge in [0.05, 0.1) is 6.04 Å². The van der Waals surface area contributed by atoms with E-state index in [0.717, 1.165) is 11.1 Å². The number of rotatable bonds is 4. The fourth-order valence-corrected chi connectivity index (χ4v) is 1.94. The molecule has 0 radical (unpaired) electrons. The van der Waals surface area contributed by atoms with Crippen molar-refractivity contribution >= 4 is 12.0 Å². The van der Waals surface area contributed by atoms with Gasteiger partial charge in [0, 0.05) is 6.08 Å². The van der Waals surface area contributed by atoms with Gasteiger partial charge >= 0.3 is 0 Å². The molecule has 0 saturated heterocycles. The number of carbonyl (C=O) groups excluding carboxylic acids is 1. The number of hydrogen-bond donors (Lipinski definition) is 1. The van der Waals surface area contributed by atoms with Gasteiger partial charge in [-0.1, -0.05) is 60.2 Å². The van der Waals surface area contributed by atoms with E-state index in [9.17, 15) is 4.79 Å². The highest BCUT2D eigenvalue weighted by Gasteiger charge is 2.06. The first-order chi connectivity index (χ1) is 9.65. The quantitative estimate of drug-likeness (QED) is 0.835. The Kier molecular flexibility index (Phi) is 4.72. The highest BCUT2D eigenvalue weighted by molar-refractivity contribution is 5.91. The van der Waals surface area contributed by atoms with Crippen molar-refractivity contribution < 1.29 is 4.79 Å². The normalized spacial score (nSPS) is 12.3. The topological polar surface area (TPSA) is 29.1 Å². The minimum atomic E-state index is -0.0815. The second-order valence-corrected chi connectivity index (χ2v) is 4.88. The molecule has 0 aliphatic rings. The van der Waals surface area contributed by atoms with Crippen molar-refractivity contribution in [2.75, 3.05) is 0 Å². The van der Waals surface area contributed by atoms with Crippen molar-refractivity contribution in [3.8, 4) is 0 Å². The Hall–Kier alpha value is -2.35. The van der Waals surface area contributed by atoms with E-state index in [4.69, 9.17) is 0 Å². The fraction of sp³-hybridized carbons (Fsp3) is 0.167. The second-order valence-electron chi connectivity index (χ2n) is 4.88. The molecule has 20 heavy (non-hydrogen) atoms. The van der Waals surface area contributed by atoms with Crippen molar-refractivity contribution in [3.63, 3.8) is 0 Å². The first-order valence-electron chi connectivity index (χ1n) is 6.75. The second kappa shape index (κ2) is 6.71. The zero-order valence-corrected chi connectivity index (χ0v) is 11.8. The number of benzene rings is 2. The van der Waals surface area contributed by atoms with Crippen LogP contribution in [0.5, 0.6) is 0 Å². The van der Waals surface area contributed by atoms with Crippen LogP contribution in [0.1, 0.15) is 29.7 Å². The Bertz CT molecular complexity index is 585. The van der Waals surface area contributed by atoms with Crippen LogP contribution in [-0.2, 0) is 4.79 Å². The lowest BCUT2D eigenvalue weighted by atomic mass is 10.1. The summed E-state index contributed by atoms with van der Waals surface area (Å²) in [6, 6.07) is 18.0. The monoisotopic (exact) mass is 265 g/mol. The molecule has 2 aromatic carbocycles. The zero-order valence-electron chi connectivity index (χ0n) is 11.8. The van der Waals surface area contributed by atoms with E-state index in [2.05, 4.69) is 24.4 Å². The van der Waals surface area contributed by atoms with Gasteiger partial charge in [-0.15, -0.1) is 0 Å². The smallest absolute Gasteiger partial charge is 0.244 e. The molecular formula is C18H19NO. The summed E-state index contributed by atoms with van der Waals surface area (Å²) in [5.41, 5.74) is 3.35. The van der Waals surface area contributed by atoms with E-state index in [1.54, 1.807) is 6.08 Å². The largest absolute Gasteiger partial charge is 0.346 e. The zero-order chi connectivity index (χ0) is 14.4. The molecule has 0 heterocycles. The molecule has 0 bridgehead atoms. The Morgan fingerprint density at radius 2 is 1.70 bits per heavy atom. The van der Waals surface area contributed by atoms with Crippen LogP contribution in [0.3, 0.4) is 0 Å². The van der Waals surface area contributed by atoms with Crippen LogP contribution in [0.2, 0.25) is 0 Å². The third-order valence-electron chi connectivity index (χ3n) is 3.16. The van der Waals surface area contributed by atoms with Gasteiger partial charge in [0.15, 0.2) is 0 Å². The molecule has 0 aliphatic carbocycles. The Morgan fingerprint density at radius 1 is 1.05 bits per heavy atom. The fourth-order valence-electron chi connectivity index (χ4n) is 1.94. The maximum Gasteiger partial charge on any atom is 0.244 e. The Morgan fingerprint density at radius 3 is 2.35 bits per heavy atom. The first kappa shape index (κ1) is 14.1. The van der Waals surface area contributed by atoms with E-state index in [0.29, 0.717) is 0 Å². The molecule has 1 unspecified atom stereocenters. The lowest BCUT2D eigenvalue weighted by Gasteiger charge is -2.13. The predicted octanol–water partition coefficient (Wildman–Crippen LogP) is 3.89. The summed E-state index contributed by atoms with van der Waals surface area (Å²) in [5, 5.41) is 2.96. The number of aryl methyl sites for hydroxylation is 1. The van der Waals surface area contributed by atoms with Crippen molar-refractivity contribution in [1.29, 1.82) is 0 Å². The van der Waals surface area contributed by atoms with Crippen LogP contribution in [-0.4, -0.2) is 5.91 Å². The third-order valence-corrected chi connectivity index (χ3v) is 3.16. The van der Waals surface area contributed by atoms with Crippen molar-refractivity contribution in [2.24, 2.45) is 0 Å². The molecular weight excluding hydrogens is 246 g/mol. The number of hydrogen-bond acceptors (Lipinski definition) is 1. The highest BCUT2D eigenvalue weighted by atomic mass is 16.1. The minimum absolute atomic E-state index is 0.00326. The van der Waals surface area contributed by atoms with Crippen LogP contribution in [0, 0.1) is 6.92 Å². The predicted molar refractivity (Wildman–Crippen MR) is 83.2 cm³/mol. The third kappa shape index (κ3) is 4.09. The van der Waals surface area contributed by atoms with Gasteiger partial charge < -0.3 is 5.32 Å². The highest BCUT2D eigenvalue weighted by Crippen LogP contribution is 2.13. The van der Waals surface area contributed by atoms with E-state index in [-0.39, 0.29) is 11.9 Å². The van der Waals surface area contributed by atoms with Crippen LogP contribution in [0.15, 0.2) is 60.7 Å². The molecule has 1 atom stereocenters. The maximum absolute atomic E-state index is 11.9. The molecule has 102 valence electrons. The van der Waals surface area contributed by atoms with Gasteiger partial charge in [0.1, 0.15) is 0 Å². The lowest BCUT2D eigenvalue weighted by Crippen LogP contribution is -2.24. The summed E-state index contributed by atoms with van der Waals surface area (Å²) in [4.78, 5) is 11.9. The van der Waals surface area contributed by atoms with Crippen LogP contribution in [0.4, 0.5) is 0 Å². The van der Waals surface area contributed by atoms with Gasteiger partial charge in [0.25, 0.3) is 0 Å². The SMILES string of the molecule is Cc1ccc(C(C)NC(=O)/C=C/c2ccccc2)cc1. The van der Waals surface area contributed by atoms with Gasteiger partial charge in [-0.25, -0.2) is 0 Å². The van der Waals surface area contributed by atoms with E-state index in [1.165, 1.54) is 5.56 Å². The molecule has 0 spiro atoms. The standard InChI is InChI=1S/C18H19NO/c1-14-8-11-17(12-9-14)15(2)19-18(20)13-10-16-6-4-3-5-7-16/h3-13,15H,1-2H3,(H,19,20)/b13-10+.